The summed E-state index contributed by atoms with van der Waals surface area (Å²) in [4.78, 5) is 17.9. The van der Waals surface area contributed by atoms with E-state index in [0.717, 1.165) is 20.3 Å². The molecule has 0 aliphatic carbocycles. The number of carboxylic acids is 1. The van der Waals surface area contributed by atoms with Crippen LogP contribution in [-0.2, 0) is 15.6 Å². The molecule has 0 aliphatic rings. The van der Waals surface area contributed by atoms with E-state index in [-0.39, 0.29) is 15.4 Å². The first-order valence-corrected chi connectivity index (χ1v) is 13.4. The summed E-state index contributed by atoms with van der Waals surface area (Å²) in [5.74, 6) is -0.448. The normalized spacial score (nSPS) is 11.5. The molecule has 1 aromatic heterocycles. The van der Waals surface area contributed by atoms with E-state index in [0.29, 0.717) is 16.3 Å². The van der Waals surface area contributed by atoms with E-state index < -0.39 is 15.8 Å². The summed E-state index contributed by atoms with van der Waals surface area (Å²) in [6.07, 6.45) is 1.85. The highest BCUT2D eigenvalue weighted by Crippen LogP contribution is 2.32. The highest BCUT2D eigenvalue weighted by molar-refractivity contribution is 7.98. The van der Waals surface area contributed by atoms with Gasteiger partial charge in [0.1, 0.15) is 5.01 Å². The van der Waals surface area contributed by atoms with Crippen LogP contribution in [-0.4, -0.2) is 24.5 Å². The van der Waals surface area contributed by atoms with Crippen molar-refractivity contribution < 1.29 is 18.3 Å². The standard InChI is InChI=1S/C24H18ClNO4S3/c1-15-2-9-21(12-22(15)24(27)28)33(29,30)20-10-7-18(8-11-20)31-14-19-13-26-23(32-19)16-3-5-17(25)6-4-16/h2-13H,14H2,1H3,(H,27,28). The summed E-state index contributed by atoms with van der Waals surface area (Å²) >= 11 is 9.13. The minimum absolute atomic E-state index is 0.0224. The third kappa shape index (κ3) is 5.30. The number of carboxylic acid groups (broad SMARTS) is 1. The number of aromatic nitrogens is 1. The highest BCUT2D eigenvalue weighted by atomic mass is 35.5. The van der Waals surface area contributed by atoms with Gasteiger partial charge in [-0.15, -0.1) is 23.1 Å². The average molecular weight is 516 g/mol. The van der Waals surface area contributed by atoms with E-state index in [1.165, 1.54) is 18.2 Å². The van der Waals surface area contributed by atoms with Crippen LogP contribution in [0.2, 0.25) is 5.02 Å². The molecule has 0 bridgehead atoms. The third-order valence-electron chi connectivity index (χ3n) is 4.91. The van der Waals surface area contributed by atoms with Crippen molar-refractivity contribution in [2.45, 2.75) is 27.4 Å². The van der Waals surface area contributed by atoms with Crippen LogP contribution in [0, 0.1) is 6.92 Å². The van der Waals surface area contributed by atoms with Crippen molar-refractivity contribution in [3.63, 3.8) is 0 Å². The fourth-order valence-electron chi connectivity index (χ4n) is 3.10. The van der Waals surface area contributed by atoms with Gasteiger partial charge in [0, 0.05) is 32.3 Å². The molecule has 4 aromatic rings. The summed E-state index contributed by atoms with van der Waals surface area (Å²) < 4.78 is 25.9. The lowest BCUT2D eigenvalue weighted by molar-refractivity contribution is 0.0696. The second kappa shape index (κ2) is 9.69. The number of thioether (sulfide) groups is 1. The van der Waals surface area contributed by atoms with Crippen LogP contribution in [0.3, 0.4) is 0 Å². The highest BCUT2D eigenvalue weighted by Gasteiger charge is 2.20. The van der Waals surface area contributed by atoms with Crippen LogP contribution in [0.25, 0.3) is 10.6 Å². The van der Waals surface area contributed by atoms with Crippen LogP contribution < -0.4 is 0 Å². The fraction of sp³-hybridized carbons (Fsp3) is 0.0833. The minimum Gasteiger partial charge on any atom is -0.478 e. The van der Waals surface area contributed by atoms with Gasteiger partial charge in [-0.05, 0) is 61.0 Å². The van der Waals surface area contributed by atoms with Crippen LogP contribution >= 0.6 is 34.7 Å². The third-order valence-corrected chi connectivity index (χ3v) is 9.22. The first kappa shape index (κ1) is 23.5. The van der Waals surface area contributed by atoms with E-state index in [4.69, 9.17) is 11.6 Å². The number of aromatic carboxylic acids is 1. The lowest BCUT2D eigenvalue weighted by Crippen LogP contribution is -2.06. The summed E-state index contributed by atoms with van der Waals surface area (Å²) in [5, 5.41) is 10.9. The Kier molecular flexibility index (Phi) is 6.90. The van der Waals surface area contributed by atoms with E-state index in [2.05, 4.69) is 4.98 Å². The van der Waals surface area contributed by atoms with Crippen LogP contribution in [0.15, 0.2) is 87.6 Å². The summed E-state index contributed by atoms with van der Waals surface area (Å²) in [5.41, 5.74) is 1.50. The first-order valence-electron chi connectivity index (χ1n) is 9.76. The second-order valence-electron chi connectivity index (χ2n) is 7.18. The lowest BCUT2D eigenvalue weighted by atomic mass is 10.1. The molecular formula is C24H18ClNO4S3. The molecule has 0 atom stereocenters. The Balaban J connectivity index is 1.46. The Labute approximate surface area is 205 Å². The van der Waals surface area contributed by atoms with Crippen LogP contribution in [0.5, 0.6) is 0 Å². The van der Waals surface area contributed by atoms with Gasteiger partial charge in [0.15, 0.2) is 0 Å². The quantitative estimate of drug-likeness (QED) is 0.279. The Morgan fingerprint density at radius 2 is 1.70 bits per heavy atom. The van der Waals surface area contributed by atoms with Gasteiger partial charge in [-0.25, -0.2) is 18.2 Å². The predicted molar refractivity (Wildman–Crippen MR) is 132 cm³/mol. The van der Waals surface area contributed by atoms with Crippen molar-refractivity contribution in [3.05, 3.63) is 94.0 Å². The predicted octanol–water partition coefficient (Wildman–Crippen LogP) is 6.60. The largest absolute Gasteiger partial charge is 0.478 e. The molecule has 0 aliphatic heterocycles. The van der Waals surface area contributed by atoms with Crippen LogP contribution in [0.4, 0.5) is 0 Å². The van der Waals surface area contributed by atoms with Gasteiger partial charge in [0.2, 0.25) is 9.84 Å². The van der Waals surface area contributed by atoms with E-state index in [1.807, 2.05) is 30.5 Å². The fourth-order valence-corrected chi connectivity index (χ4v) is 6.35. The number of halogens is 1. The Hall–Kier alpha value is -2.65. The minimum atomic E-state index is -3.82. The van der Waals surface area contributed by atoms with Gasteiger partial charge in [0.25, 0.3) is 0 Å². The molecule has 0 saturated carbocycles. The van der Waals surface area contributed by atoms with Crippen LogP contribution in [0.1, 0.15) is 20.8 Å². The monoisotopic (exact) mass is 515 g/mol. The number of sulfone groups is 1. The summed E-state index contributed by atoms with van der Waals surface area (Å²) in [7, 11) is -3.82. The zero-order valence-electron chi connectivity index (χ0n) is 17.4. The van der Waals surface area contributed by atoms with E-state index in [1.54, 1.807) is 54.3 Å². The van der Waals surface area contributed by atoms with Gasteiger partial charge in [-0.2, -0.15) is 0 Å². The van der Waals surface area contributed by atoms with Crippen molar-refractivity contribution in [3.8, 4) is 10.6 Å². The molecule has 9 heteroatoms. The molecule has 0 radical (unpaired) electrons. The maximum absolute atomic E-state index is 13.0. The number of hydrogen-bond acceptors (Lipinski definition) is 6. The zero-order valence-corrected chi connectivity index (χ0v) is 20.6. The van der Waals surface area contributed by atoms with Crippen molar-refractivity contribution in [1.29, 1.82) is 0 Å². The molecule has 4 rings (SSSR count). The molecule has 0 saturated heterocycles. The lowest BCUT2D eigenvalue weighted by Gasteiger charge is -2.08. The van der Waals surface area contributed by atoms with Gasteiger partial charge >= 0.3 is 5.97 Å². The van der Waals surface area contributed by atoms with Crippen molar-refractivity contribution in [1.82, 2.24) is 4.98 Å². The molecular weight excluding hydrogens is 498 g/mol. The number of thiazole rings is 1. The van der Waals surface area contributed by atoms with Gasteiger partial charge < -0.3 is 5.11 Å². The maximum Gasteiger partial charge on any atom is 0.335 e. The molecule has 0 spiro atoms. The van der Waals surface area contributed by atoms with Crippen molar-refractivity contribution >= 4 is 50.5 Å². The number of rotatable bonds is 7. The average Bonchev–Trinajstić information content (AvgIpc) is 3.27. The van der Waals surface area contributed by atoms with Crippen molar-refractivity contribution in [2.75, 3.05) is 0 Å². The SMILES string of the molecule is Cc1ccc(S(=O)(=O)c2ccc(SCc3cnc(-c4ccc(Cl)cc4)s3)cc2)cc1C(=O)O. The van der Waals surface area contributed by atoms with Gasteiger partial charge in [0.05, 0.1) is 15.4 Å². The number of benzene rings is 3. The molecule has 0 unspecified atom stereocenters. The molecule has 0 fully saturated rings. The Morgan fingerprint density at radius 3 is 2.36 bits per heavy atom. The van der Waals surface area contributed by atoms with Gasteiger partial charge in [-0.1, -0.05) is 29.8 Å². The topological polar surface area (TPSA) is 84.3 Å². The Bertz CT molecular complexity index is 1410. The van der Waals surface area contributed by atoms with Crippen molar-refractivity contribution in [2.24, 2.45) is 0 Å². The molecule has 3 aromatic carbocycles. The number of hydrogen-bond donors (Lipinski definition) is 1. The molecule has 1 heterocycles. The second-order valence-corrected chi connectivity index (χ2v) is 11.7. The number of carbonyl (C=O) groups is 1. The summed E-state index contributed by atoms with van der Waals surface area (Å²) in [6.45, 7) is 1.63. The Morgan fingerprint density at radius 1 is 1.03 bits per heavy atom. The smallest absolute Gasteiger partial charge is 0.335 e. The zero-order chi connectivity index (χ0) is 23.6. The van der Waals surface area contributed by atoms with E-state index >= 15 is 0 Å². The van der Waals surface area contributed by atoms with Gasteiger partial charge in [-0.3, -0.25) is 0 Å². The molecule has 168 valence electrons. The first-order chi connectivity index (χ1) is 15.7. The van der Waals surface area contributed by atoms with E-state index in [9.17, 15) is 18.3 Å². The summed E-state index contributed by atoms with van der Waals surface area (Å²) in [6, 6.07) is 18.3. The molecule has 33 heavy (non-hydrogen) atoms. The molecule has 0 amide bonds. The molecule has 5 nitrogen and oxygen atoms in total. The number of nitrogens with zero attached hydrogens (tertiary/aromatic N) is 1. The maximum atomic E-state index is 13.0. The number of aryl methyl sites for hydroxylation is 1. The molecule has 1 N–H and O–H groups in total.